The second-order valence-electron chi connectivity index (χ2n) is 4.20. The number of carbonyl (C=O) groups is 1. The van der Waals surface area contributed by atoms with E-state index in [1.807, 2.05) is 0 Å². The lowest BCUT2D eigenvalue weighted by Crippen LogP contribution is -2.12. The first kappa shape index (κ1) is 13.7. The maximum absolute atomic E-state index is 12.0. The standard InChI is InChI=1S/C14H11N5O3/c1-21-10-4-2-9(3-5-10)17-13(20)14-18-12(19-22-14)11-8-15-6-7-16-11/h2-8H,1H3,(H,17,20). The van der Waals surface area contributed by atoms with Gasteiger partial charge in [-0.25, -0.2) is 4.98 Å². The van der Waals surface area contributed by atoms with Crippen LogP contribution in [0.25, 0.3) is 11.5 Å². The molecule has 0 fully saturated rings. The molecule has 1 amide bonds. The van der Waals surface area contributed by atoms with E-state index in [4.69, 9.17) is 9.26 Å². The Balaban J connectivity index is 1.74. The van der Waals surface area contributed by atoms with Crippen molar-refractivity contribution in [2.45, 2.75) is 0 Å². The fourth-order valence-corrected chi connectivity index (χ4v) is 1.69. The van der Waals surface area contributed by atoms with Crippen molar-refractivity contribution in [3.05, 3.63) is 48.7 Å². The van der Waals surface area contributed by atoms with E-state index in [0.717, 1.165) is 0 Å². The highest BCUT2D eigenvalue weighted by Crippen LogP contribution is 2.16. The van der Waals surface area contributed by atoms with Gasteiger partial charge in [0.2, 0.25) is 5.82 Å². The van der Waals surface area contributed by atoms with Crippen LogP contribution in [-0.2, 0) is 0 Å². The van der Waals surface area contributed by atoms with Gasteiger partial charge in [-0.1, -0.05) is 5.16 Å². The van der Waals surface area contributed by atoms with Gasteiger partial charge in [0, 0.05) is 18.1 Å². The lowest BCUT2D eigenvalue weighted by atomic mass is 10.3. The molecule has 2 aromatic heterocycles. The van der Waals surface area contributed by atoms with Gasteiger partial charge in [-0.05, 0) is 24.3 Å². The lowest BCUT2D eigenvalue weighted by molar-refractivity contribution is 0.0981. The number of rotatable bonds is 4. The van der Waals surface area contributed by atoms with Gasteiger partial charge in [0.25, 0.3) is 0 Å². The molecule has 22 heavy (non-hydrogen) atoms. The van der Waals surface area contributed by atoms with Crippen molar-refractivity contribution in [2.24, 2.45) is 0 Å². The molecule has 1 aromatic carbocycles. The van der Waals surface area contributed by atoms with Crippen molar-refractivity contribution in [3.8, 4) is 17.3 Å². The fraction of sp³-hybridized carbons (Fsp3) is 0.0714. The molecule has 0 unspecified atom stereocenters. The summed E-state index contributed by atoms with van der Waals surface area (Å²) in [6.07, 6.45) is 4.51. The van der Waals surface area contributed by atoms with Gasteiger partial charge >= 0.3 is 11.8 Å². The quantitative estimate of drug-likeness (QED) is 0.782. The molecule has 1 N–H and O–H groups in total. The number of carbonyl (C=O) groups excluding carboxylic acids is 1. The Labute approximate surface area is 125 Å². The summed E-state index contributed by atoms with van der Waals surface area (Å²) >= 11 is 0. The Morgan fingerprint density at radius 1 is 1.23 bits per heavy atom. The lowest BCUT2D eigenvalue weighted by Gasteiger charge is -2.03. The van der Waals surface area contributed by atoms with Gasteiger partial charge in [0.15, 0.2) is 0 Å². The average molecular weight is 297 g/mol. The van der Waals surface area contributed by atoms with Crippen LogP contribution in [0.5, 0.6) is 5.75 Å². The van der Waals surface area contributed by atoms with Crippen molar-refractivity contribution in [3.63, 3.8) is 0 Å². The monoisotopic (exact) mass is 297 g/mol. The van der Waals surface area contributed by atoms with E-state index < -0.39 is 5.91 Å². The third-order valence-corrected chi connectivity index (χ3v) is 2.76. The van der Waals surface area contributed by atoms with E-state index in [1.54, 1.807) is 31.4 Å². The minimum Gasteiger partial charge on any atom is -0.497 e. The summed E-state index contributed by atoms with van der Waals surface area (Å²) < 4.78 is 9.98. The molecule has 0 spiro atoms. The van der Waals surface area contributed by atoms with E-state index in [0.29, 0.717) is 17.1 Å². The Kier molecular flexibility index (Phi) is 3.73. The molecule has 0 saturated carbocycles. The smallest absolute Gasteiger partial charge is 0.316 e. The molecule has 0 atom stereocenters. The predicted octanol–water partition coefficient (Wildman–Crippen LogP) is 1.79. The van der Waals surface area contributed by atoms with Gasteiger partial charge in [-0.2, -0.15) is 4.98 Å². The summed E-state index contributed by atoms with van der Waals surface area (Å²) in [6.45, 7) is 0. The minimum absolute atomic E-state index is 0.156. The van der Waals surface area contributed by atoms with E-state index in [2.05, 4.69) is 25.4 Å². The molecular formula is C14H11N5O3. The zero-order valence-corrected chi connectivity index (χ0v) is 11.6. The first-order valence-corrected chi connectivity index (χ1v) is 6.32. The summed E-state index contributed by atoms with van der Waals surface area (Å²) in [7, 11) is 1.57. The summed E-state index contributed by atoms with van der Waals surface area (Å²) in [5.41, 5.74) is 1.01. The normalized spacial score (nSPS) is 10.2. The fourth-order valence-electron chi connectivity index (χ4n) is 1.69. The highest BCUT2D eigenvalue weighted by atomic mass is 16.5. The van der Waals surface area contributed by atoms with E-state index in [9.17, 15) is 4.79 Å². The topological polar surface area (TPSA) is 103 Å². The Bertz CT molecular complexity index is 771. The molecular weight excluding hydrogens is 286 g/mol. The third-order valence-electron chi connectivity index (χ3n) is 2.76. The molecule has 8 nitrogen and oxygen atoms in total. The van der Waals surface area contributed by atoms with Crippen LogP contribution in [-0.4, -0.2) is 33.1 Å². The molecule has 110 valence electrons. The Morgan fingerprint density at radius 3 is 2.73 bits per heavy atom. The number of amides is 1. The van der Waals surface area contributed by atoms with Crippen LogP contribution in [0.3, 0.4) is 0 Å². The Morgan fingerprint density at radius 2 is 2.05 bits per heavy atom. The summed E-state index contributed by atoms with van der Waals surface area (Å²) in [5.74, 6) is 0.234. The van der Waals surface area contributed by atoms with Crippen molar-refractivity contribution in [1.29, 1.82) is 0 Å². The van der Waals surface area contributed by atoms with Gasteiger partial charge < -0.3 is 14.6 Å². The van der Waals surface area contributed by atoms with Crippen LogP contribution >= 0.6 is 0 Å². The van der Waals surface area contributed by atoms with Crippen molar-refractivity contribution in [1.82, 2.24) is 20.1 Å². The second kappa shape index (κ2) is 6.00. The zero-order valence-electron chi connectivity index (χ0n) is 11.6. The molecule has 3 aromatic rings. The van der Waals surface area contributed by atoms with Crippen LogP contribution < -0.4 is 10.1 Å². The predicted molar refractivity (Wildman–Crippen MR) is 76.3 cm³/mol. The maximum Gasteiger partial charge on any atom is 0.316 e. The van der Waals surface area contributed by atoms with Crippen molar-refractivity contribution >= 4 is 11.6 Å². The third kappa shape index (κ3) is 2.90. The van der Waals surface area contributed by atoms with E-state index in [-0.39, 0.29) is 11.7 Å². The van der Waals surface area contributed by atoms with Crippen LogP contribution in [0.1, 0.15) is 10.7 Å². The highest BCUT2D eigenvalue weighted by Gasteiger charge is 2.17. The number of nitrogens with one attached hydrogen (secondary N) is 1. The molecule has 0 aliphatic heterocycles. The molecule has 0 aliphatic rings. The number of anilines is 1. The number of hydrogen-bond acceptors (Lipinski definition) is 7. The minimum atomic E-state index is -0.507. The van der Waals surface area contributed by atoms with Gasteiger partial charge in [-0.3, -0.25) is 9.78 Å². The summed E-state index contributed by atoms with van der Waals surface area (Å²) in [6, 6.07) is 6.87. The number of nitrogens with zero attached hydrogens (tertiary/aromatic N) is 4. The number of methoxy groups -OCH3 is 1. The highest BCUT2D eigenvalue weighted by molar-refractivity contribution is 6.01. The Hall–Kier alpha value is -3.29. The first-order chi connectivity index (χ1) is 10.8. The SMILES string of the molecule is COc1ccc(NC(=O)c2nc(-c3cnccn3)no2)cc1. The first-order valence-electron chi connectivity index (χ1n) is 6.32. The van der Waals surface area contributed by atoms with Crippen LogP contribution in [0.4, 0.5) is 5.69 Å². The molecule has 3 rings (SSSR count). The van der Waals surface area contributed by atoms with Crippen LogP contribution in [0.2, 0.25) is 0 Å². The van der Waals surface area contributed by atoms with Crippen LogP contribution in [0, 0.1) is 0 Å². The molecule has 8 heteroatoms. The summed E-state index contributed by atoms with van der Waals surface area (Å²) in [5, 5.41) is 6.35. The van der Waals surface area contributed by atoms with Gasteiger partial charge in [-0.15, -0.1) is 0 Å². The van der Waals surface area contributed by atoms with E-state index in [1.165, 1.54) is 18.6 Å². The van der Waals surface area contributed by atoms with Gasteiger partial charge in [0.1, 0.15) is 11.4 Å². The van der Waals surface area contributed by atoms with E-state index >= 15 is 0 Å². The average Bonchev–Trinajstić information content (AvgIpc) is 3.06. The molecule has 0 aliphatic carbocycles. The molecule has 0 saturated heterocycles. The number of aromatic nitrogens is 4. The number of hydrogen-bond donors (Lipinski definition) is 1. The maximum atomic E-state index is 12.0. The molecule has 2 heterocycles. The molecule has 0 radical (unpaired) electrons. The van der Waals surface area contributed by atoms with Crippen molar-refractivity contribution in [2.75, 3.05) is 12.4 Å². The number of ether oxygens (including phenoxy) is 1. The van der Waals surface area contributed by atoms with Crippen LogP contribution in [0.15, 0.2) is 47.4 Å². The van der Waals surface area contributed by atoms with Crippen molar-refractivity contribution < 1.29 is 14.1 Å². The number of benzene rings is 1. The molecule has 0 bridgehead atoms. The summed E-state index contributed by atoms with van der Waals surface area (Å²) in [4.78, 5) is 24.0. The largest absolute Gasteiger partial charge is 0.497 e. The zero-order chi connectivity index (χ0) is 15.4. The van der Waals surface area contributed by atoms with Gasteiger partial charge in [0.05, 0.1) is 13.3 Å². The second-order valence-corrected chi connectivity index (χ2v) is 4.20.